The summed E-state index contributed by atoms with van der Waals surface area (Å²) in [6, 6.07) is 3.08. The third-order valence-corrected chi connectivity index (χ3v) is 1.66. The molecule has 7 heteroatoms. The zero-order valence-electron chi connectivity index (χ0n) is 8.77. The number of aromatic hydroxyl groups is 1. The van der Waals surface area contributed by atoms with E-state index in [0.29, 0.717) is 18.8 Å². The molecule has 0 aliphatic rings. The molecule has 1 aromatic rings. The van der Waals surface area contributed by atoms with Crippen LogP contribution in [0.3, 0.4) is 0 Å². The van der Waals surface area contributed by atoms with E-state index < -0.39 is 5.91 Å². The summed E-state index contributed by atoms with van der Waals surface area (Å²) in [5, 5.41) is 11.9. The van der Waals surface area contributed by atoms with Crippen molar-refractivity contribution in [2.45, 2.75) is 6.92 Å². The van der Waals surface area contributed by atoms with Crippen molar-refractivity contribution in [1.29, 1.82) is 0 Å². The van der Waals surface area contributed by atoms with Gasteiger partial charge in [0.2, 0.25) is 0 Å². The number of rotatable bonds is 3. The Bertz CT molecular complexity index is 348. The highest BCUT2D eigenvalue weighted by molar-refractivity contribution is 5.94. The summed E-state index contributed by atoms with van der Waals surface area (Å²) >= 11 is 0. The summed E-state index contributed by atoms with van der Waals surface area (Å²) in [6.07, 6.45) is 0. The van der Waals surface area contributed by atoms with Crippen LogP contribution in [0.1, 0.15) is 16.2 Å². The van der Waals surface area contributed by atoms with E-state index in [0.717, 1.165) is 0 Å². The maximum absolute atomic E-state index is 11.4. The molecule has 0 aliphatic carbocycles. The highest BCUT2D eigenvalue weighted by Crippen LogP contribution is 2.13. The first-order chi connectivity index (χ1) is 6.65. The number of aryl methyl sites for hydroxylation is 1. The standard InChI is InChI=1S/C9H13N3O2.2ClH/c1-6-2-3-7(13)8(12-6)9(14)11-5-4-10;;/h2-3,13H,4-5,10H2,1H3,(H,11,14);2*1H. The predicted molar refractivity (Wildman–Crippen MR) is 66.5 cm³/mol. The fourth-order valence-corrected chi connectivity index (χ4v) is 0.986. The van der Waals surface area contributed by atoms with E-state index in [9.17, 15) is 9.90 Å². The Morgan fingerprint density at radius 2 is 2.12 bits per heavy atom. The maximum atomic E-state index is 11.4. The molecule has 1 rings (SSSR count). The average Bonchev–Trinajstić information content (AvgIpc) is 2.18. The Balaban J connectivity index is 0. The second kappa shape index (κ2) is 8.15. The number of aromatic nitrogens is 1. The maximum Gasteiger partial charge on any atom is 0.273 e. The van der Waals surface area contributed by atoms with E-state index in [1.807, 2.05) is 0 Å². The van der Waals surface area contributed by atoms with Gasteiger partial charge in [0.1, 0.15) is 5.75 Å². The van der Waals surface area contributed by atoms with Gasteiger partial charge in [-0.05, 0) is 19.1 Å². The van der Waals surface area contributed by atoms with Crippen molar-refractivity contribution in [1.82, 2.24) is 10.3 Å². The number of nitrogens with zero attached hydrogens (tertiary/aromatic N) is 1. The number of halogens is 2. The summed E-state index contributed by atoms with van der Waals surface area (Å²) in [4.78, 5) is 15.3. The van der Waals surface area contributed by atoms with Crippen LogP contribution in [0.15, 0.2) is 12.1 Å². The third-order valence-electron chi connectivity index (χ3n) is 1.66. The third kappa shape index (κ3) is 4.65. The minimum absolute atomic E-state index is 0. The lowest BCUT2D eigenvalue weighted by Crippen LogP contribution is -2.29. The van der Waals surface area contributed by atoms with E-state index in [-0.39, 0.29) is 36.3 Å². The van der Waals surface area contributed by atoms with Gasteiger partial charge in [0.15, 0.2) is 5.69 Å². The van der Waals surface area contributed by atoms with Gasteiger partial charge < -0.3 is 16.2 Å². The zero-order valence-corrected chi connectivity index (χ0v) is 10.4. The van der Waals surface area contributed by atoms with Crippen molar-refractivity contribution in [3.63, 3.8) is 0 Å². The minimum atomic E-state index is -0.406. The largest absolute Gasteiger partial charge is 0.505 e. The van der Waals surface area contributed by atoms with Gasteiger partial charge in [0, 0.05) is 18.8 Å². The van der Waals surface area contributed by atoms with Crippen LogP contribution in [0.4, 0.5) is 0 Å². The summed E-state index contributed by atoms with van der Waals surface area (Å²) in [7, 11) is 0. The van der Waals surface area contributed by atoms with Crippen LogP contribution in [-0.2, 0) is 0 Å². The first kappa shape index (κ1) is 17.4. The average molecular weight is 268 g/mol. The molecule has 1 aromatic heterocycles. The topological polar surface area (TPSA) is 88.2 Å². The zero-order chi connectivity index (χ0) is 10.6. The lowest BCUT2D eigenvalue weighted by Gasteiger charge is -2.05. The second-order valence-electron chi connectivity index (χ2n) is 2.86. The van der Waals surface area contributed by atoms with E-state index in [1.54, 1.807) is 13.0 Å². The Hall–Kier alpha value is -1.04. The molecule has 0 bridgehead atoms. The van der Waals surface area contributed by atoms with Crippen molar-refractivity contribution < 1.29 is 9.90 Å². The van der Waals surface area contributed by atoms with Gasteiger partial charge in [-0.3, -0.25) is 4.79 Å². The molecule has 0 aliphatic heterocycles. The molecule has 0 saturated heterocycles. The molecule has 0 saturated carbocycles. The fraction of sp³-hybridized carbons (Fsp3) is 0.333. The highest BCUT2D eigenvalue weighted by Gasteiger charge is 2.11. The van der Waals surface area contributed by atoms with Gasteiger partial charge in [0.05, 0.1) is 0 Å². The molecule has 0 spiro atoms. The van der Waals surface area contributed by atoms with Gasteiger partial charge in [-0.25, -0.2) is 4.98 Å². The number of carbonyl (C=O) groups excluding carboxylic acids is 1. The number of pyridine rings is 1. The van der Waals surface area contributed by atoms with Gasteiger partial charge in [0.25, 0.3) is 5.91 Å². The molecule has 16 heavy (non-hydrogen) atoms. The van der Waals surface area contributed by atoms with Crippen molar-refractivity contribution in [3.05, 3.63) is 23.5 Å². The van der Waals surface area contributed by atoms with Crippen molar-refractivity contribution in [2.24, 2.45) is 5.73 Å². The molecular weight excluding hydrogens is 253 g/mol. The Morgan fingerprint density at radius 1 is 1.50 bits per heavy atom. The molecule has 4 N–H and O–H groups in total. The molecular formula is C9H15Cl2N3O2. The van der Waals surface area contributed by atoms with Crippen molar-refractivity contribution in [3.8, 4) is 5.75 Å². The van der Waals surface area contributed by atoms with Crippen LogP contribution in [0.25, 0.3) is 0 Å². The van der Waals surface area contributed by atoms with Crippen molar-refractivity contribution >= 4 is 30.7 Å². The summed E-state index contributed by atoms with van der Waals surface area (Å²) in [5.41, 5.74) is 5.95. The van der Waals surface area contributed by atoms with Crippen molar-refractivity contribution in [2.75, 3.05) is 13.1 Å². The van der Waals surface area contributed by atoms with E-state index >= 15 is 0 Å². The smallest absolute Gasteiger partial charge is 0.273 e. The van der Waals surface area contributed by atoms with Crippen LogP contribution in [0.5, 0.6) is 5.75 Å². The first-order valence-electron chi connectivity index (χ1n) is 4.30. The lowest BCUT2D eigenvalue weighted by molar-refractivity contribution is 0.0946. The predicted octanol–water partition coefficient (Wildman–Crippen LogP) is 0.628. The molecule has 0 aromatic carbocycles. The fourth-order valence-electron chi connectivity index (χ4n) is 0.986. The number of nitrogens with one attached hydrogen (secondary N) is 1. The van der Waals surface area contributed by atoms with Crippen LogP contribution >= 0.6 is 24.8 Å². The molecule has 1 heterocycles. The summed E-state index contributed by atoms with van der Waals surface area (Å²) in [6.45, 7) is 2.48. The SMILES string of the molecule is Cc1ccc(O)c(C(=O)NCCN)n1.Cl.Cl. The Labute approximate surface area is 106 Å². The van der Waals surface area contributed by atoms with Crippen LogP contribution in [-0.4, -0.2) is 29.1 Å². The monoisotopic (exact) mass is 267 g/mol. The number of hydrogen-bond donors (Lipinski definition) is 3. The number of nitrogens with two attached hydrogens (primary N) is 1. The van der Waals surface area contributed by atoms with E-state index in [4.69, 9.17) is 5.73 Å². The van der Waals surface area contributed by atoms with Crippen LogP contribution < -0.4 is 11.1 Å². The van der Waals surface area contributed by atoms with Gasteiger partial charge in [-0.2, -0.15) is 0 Å². The van der Waals surface area contributed by atoms with Gasteiger partial charge in [-0.1, -0.05) is 0 Å². The molecule has 0 fully saturated rings. The second-order valence-corrected chi connectivity index (χ2v) is 2.86. The molecule has 0 unspecified atom stereocenters. The molecule has 5 nitrogen and oxygen atoms in total. The van der Waals surface area contributed by atoms with Gasteiger partial charge in [-0.15, -0.1) is 24.8 Å². The van der Waals surface area contributed by atoms with E-state index in [1.165, 1.54) is 6.07 Å². The Kier molecular flexibility index (Phi) is 8.84. The normalized spacial score (nSPS) is 8.62. The van der Waals surface area contributed by atoms with Gasteiger partial charge >= 0.3 is 0 Å². The molecule has 1 amide bonds. The quantitative estimate of drug-likeness (QED) is 0.750. The molecule has 0 radical (unpaired) electrons. The minimum Gasteiger partial charge on any atom is -0.505 e. The highest BCUT2D eigenvalue weighted by atomic mass is 35.5. The van der Waals surface area contributed by atoms with Crippen LogP contribution in [0.2, 0.25) is 0 Å². The summed E-state index contributed by atoms with van der Waals surface area (Å²) < 4.78 is 0. The molecule has 92 valence electrons. The van der Waals surface area contributed by atoms with E-state index in [2.05, 4.69) is 10.3 Å². The number of amides is 1. The Morgan fingerprint density at radius 3 is 2.69 bits per heavy atom. The number of carbonyl (C=O) groups is 1. The summed E-state index contributed by atoms with van der Waals surface area (Å²) in [5.74, 6) is -0.526. The molecule has 0 atom stereocenters. The lowest BCUT2D eigenvalue weighted by atomic mass is 10.2. The number of hydrogen-bond acceptors (Lipinski definition) is 4. The first-order valence-corrected chi connectivity index (χ1v) is 4.30. The van der Waals surface area contributed by atoms with Crippen LogP contribution in [0, 0.1) is 6.92 Å².